The number of hydrogen-bond acceptors (Lipinski definition) is 6. The third-order valence-corrected chi connectivity index (χ3v) is 8.03. The Bertz CT molecular complexity index is 970. The van der Waals surface area contributed by atoms with Gasteiger partial charge in [0.1, 0.15) is 18.2 Å². The number of rotatable bonds is 12. The highest BCUT2D eigenvalue weighted by atomic mass is 19.3. The first kappa shape index (κ1) is 30.9. The molecule has 3 aliphatic rings. The highest BCUT2D eigenvalue weighted by Gasteiger charge is 2.61. The lowest BCUT2D eigenvalue weighted by molar-refractivity contribution is -0.146. The van der Waals surface area contributed by atoms with Crippen molar-refractivity contribution in [3.63, 3.8) is 0 Å². The van der Waals surface area contributed by atoms with E-state index in [4.69, 9.17) is 0 Å². The van der Waals surface area contributed by atoms with Crippen LogP contribution in [-0.4, -0.2) is 82.2 Å². The van der Waals surface area contributed by atoms with Gasteiger partial charge in [-0.25, -0.2) is 8.78 Å². The van der Waals surface area contributed by atoms with E-state index in [9.17, 15) is 37.9 Å². The van der Waals surface area contributed by atoms with Crippen molar-refractivity contribution in [1.82, 2.24) is 20.9 Å². The quantitative estimate of drug-likeness (QED) is 0.266. The number of fused-ring (bicyclic) bond motifs is 1. The van der Waals surface area contributed by atoms with Crippen molar-refractivity contribution in [3.05, 3.63) is 0 Å². The fourth-order valence-electron chi connectivity index (χ4n) is 5.52. The maximum atomic E-state index is 14.8. The summed E-state index contributed by atoms with van der Waals surface area (Å²) in [6.07, 6.45) is 0.432. The largest absolute Gasteiger partial charge is 0.383 e. The summed E-state index contributed by atoms with van der Waals surface area (Å²) in [4.78, 5) is 66.2. The number of carbonyl (C=O) groups excluding carboxylic acids is 5. The Morgan fingerprint density at radius 1 is 1.00 bits per heavy atom. The number of amides is 4. The van der Waals surface area contributed by atoms with Crippen LogP contribution >= 0.6 is 0 Å². The van der Waals surface area contributed by atoms with Crippen LogP contribution in [0.2, 0.25) is 0 Å². The molecule has 0 spiro atoms. The molecule has 3 rings (SSSR count). The zero-order valence-electron chi connectivity index (χ0n) is 23.3. The molecule has 0 aromatic rings. The predicted molar refractivity (Wildman–Crippen MR) is 137 cm³/mol. The molecule has 4 N–H and O–H groups in total. The maximum absolute atomic E-state index is 14.8. The van der Waals surface area contributed by atoms with Crippen LogP contribution < -0.4 is 16.0 Å². The molecule has 0 aromatic heterocycles. The minimum atomic E-state index is -3.08. The van der Waals surface area contributed by atoms with E-state index < -0.39 is 89.7 Å². The van der Waals surface area contributed by atoms with Crippen LogP contribution in [0, 0.1) is 23.7 Å². The Kier molecular flexibility index (Phi) is 9.72. The number of aliphatic hydroxyl groups excluding tert-OH is 1. The first-order valence-electron chi connectivity index (χ1n) is 14.0. The van der Waals surface area contributed by atoms with Crippen LogP contribution in [-0.2, 0) is 24.0 Å². The molecule has 1 saturated heterocycles. The van der Waals surface area contributed by atoms with Crippen LogP contribution in [0.4, 0.5) is 8.78 Å². The maximum Gasteiger partial charge on any atom is 0.289 e. The topological polar surface area (TPSA) is 145 Å². The summed E-state index contributed by atoms with van der Waals surface area (Å²) < 4.78 is 29.6. The molecule has 10 nitrogen and oxygen atoms in total. The summed E-state index contributed by atoms with van der Waals surface area (Å²) in [5.41, 5.74) is 0. The number of halogens is 2. The van der Waals surface area contributed by atoms with Crippen molar-refractivity contribution in [2.24, 2.45) is 23.7 Å². The standard InChI is InChI=1S/C27H42F2N4O6/c1-6-7-18(22(35)25(38)30-15-8-9-15)31-23(36)20-16-10-11-27(28,29)17(16)12-33(20)26(39)19(13(2)3)32-24(37)21(34)14(4)5/h13-21,34H,6-12H2,1-5H3,(H,30,38)(H,31,36)(H,32,37)/t16-,17-,18-,19-,20-,21-/m0/s1. The molecule has 0 bridgehead atoms. The highest BCUT2D eigenvalue weighted by molar-refractivity contribution is 6.38. The molecular formula is C27H42F2N4O6. The first-order valence-corrected chi connectivity index (χ1v) is 14.0. The molecule has 2 aliphatic carbocycles. The lowest BCUT2D eigenvalue weighted by Gasteiger charge is -2.33. The van der Waals surface area contributed by atoms with Gasteiger partial charge in [0.15, 0.2) is 0 Å². The smallest absolute Gasteiger partial charge is 0.289 e. The Hall–Kier alpha value is -2.63. The summed E-state index contributed by atoms with van der Waals surface area (Å²) in [6, 6.07) is -3.66. The molecule has 2 saturated carbocycles. The second-order valence-corrected chi connectivity index (χ2v) is 11.9. The third-order valence-electron chi connectivity index (χ3n) is 8.03. The summed E-state index contributed by atoms with van der Waals surface area (Å²) in [7, 11) is 0. The summed E-state index contributed by atoms with van der Waals surface area (Å²) >= 11 is 0. The van der Waals surface area contributed by atoms with Crippen LogP contribution in [0.3, 0.4) is 0 Å². The van der Waals surface area contributed by atoms with E-state index in [0.29, 0.717) is 6.42 Å². The number of aliphatic hydroxyl groups is 1. The first-order chi connectivity index (χ1) is 18.2. The fraction of sp³-hybridized carbons (Fsp3) is 0.815. The number of likely N-dealkylation sites (tertiary alicyclic amines) is 1. The molecule has 6 atom stereocenters. The highest BCUT2D eigenvalue weighted by Crippen LogP contribution is 2.51. The third kappa shape index (κ3) is 6.93. The Balaban J connectivity index is 1.85. The number of nitrogens with one attached hydrogen (secondary N) is 3. The summed E-state index contributed by atoms with van der Waals surface area (Å²) in [5, 5.41) is 17.9. The molecular weight excluding hydrogens is 514 g/mol. The molecule has 220 valence electrons. The van der Waals surface area contributed by atoms with Crippen molar-refractivity contribution in [2.45, 2.75) is 109 Å². The van der Waals surface area contributed by atoms with Gasteiger partial charge in [0.25, 0.3) is 11.8 Å². The Labute approximate surface area is 228 Å². The molecule has 1 heterocycles. The van der Waals surface area contributed by atoms with Crippen LogP contribution in [0.1, 0.15) is 73.1 Å². The predicted octanol–water partition coefficient (Wildman–Crippen LogP) is 1.15. The van der Waals surface area contributed by atoms with Crippen molar-refractivity contribution in [3.8, 4) is 0 Å². The van der Waals surface area contributed by atoms with E-state index >= 15 is 0 Å². The van der Waals surface area contributed by atoms with Gasteiger partial charge in [-0.2, -0.15) is 0 Å². The SMILES string of the molecule is CCC[C@H](NC(=O)[C@@H]1[C@H]2CCC(F)(F)[C@H]2CN1C(=O)[C@@H](NC(=O)[C@@H](O)C(C)C)C(C)C)C(=O)C(=O)NC1CC1. The summed E-state index contributed by atoms with van der Waals surface area (Å²) in [5.74, 6) is -9.90. The van der Waals surface area contributed by atoms with E-state index in [-0.39, 0.29) is 25.4 Å². The van der Waals surface area contributed by atoms with Crippen LogP contribution in [0.25, 0.3) is 0 Å². The molecule has 4 amide bonds. The fourth-order valence-corrected chi connectivity index (χ4v) is 5.52. The molecule has 0 unspecified atom stereocenters. The van der Waals surface area contributed by atoms with E-state index in [1.54, 1.807) is 34.6 Å². The number of alkyl halides is 2. The monoisotopic (exact) mass is 556 g/mol. The van der Waals surface area contributed by atoms with Crippen molar-refractivity contribution >= 4 is 29.4 Å². The zero-order valence-corrected chi connectivity index (χ0v) is 23.3. The van der Waals surface area contributed by atoms with Gasteiger partial charge >= 0.3 is 0 Å². The lowest BCUT2D eigenvalue weighted by atomic mass is 9.91. The van der Waals surface area contributed by atoms with E-state index in [2.05, 4.69) is 16.0 Å². The van der Waals surface area contributed by atoms with Gasteiger partial charge in [0.2, 0.25) is 23.5 Å². The molecule has 12 heteroatoms. The molecule has 1 aliphatic heterocycles. The molecule has 0 aromatic carbocycles. The zero-order chi connectivity index (χ0) is 29.2. The van der Waals surface area contributed by atoms with Crippen molar-refractivity contribution in [1.29, 1.82) is 0 Å². The van der Waals surface area contributed by atoms with Gasteiger partial charge in [-0.05, 0) is 43.4 Å². The van der Waals surface area contributed by atoms with Crippen molar-refractivity contribution < 1.29 is 37.9 Å². The van der Waals surface area contributed by atoms with Crippen LogP contribution in [0.5, 0.6) is 0 Å². The van der Waals surface area contributed by atoms with Gasteiger partial charge in [-0.3, -0.25) is 24.0 Å². The lowest BCUT2D eigenvalue weighted by Crippen LogP contribution is -2.59. The average Bonchev–Trinajstić information content (AvgIpc) is 3.51. The van der Waals surface area contributed by atoms with Gasteiger partial charge in [0.05, 0.1) is 6.04 Å². The molecule has 0 radical (unpaired) electrons. The number of ketones is 1. The number of Topliss-reactive ketones (excluding diaryl/α,β-unsaturated/α-hetero) is 1. The van der Waals surface area contributed by atoms with Gasteiger partial charge in [-0.1, -0.05) is 41.0 Å². The van der Waals surface area contributed by atoms with E-state index in [1.165, 1.54) is 0 Å². The second-order valence-electron chi connectivity index (χ2n) is 11.9. The second kappa shape index (κ2) is 12.3. The van der Waals surface area contributed by atoms with Gasteiger partial charge in [-0.15, -0.1) is 0 Å². The average molecular weight is 557 g/mol. The Morgan fingerprint density at radius 2 is 1.64 bits per heavy atom. The minimum Gasteiger partial charge on any atom is -0.383 e. The summed E-state index contributed by atoms with van der Waals surface area (Å²) in [6.45, 7) is 8.01. The van der Waals surface area contributed by atoms with E-state index in [1.807, 2.05) is 0 Å². The number of hydrogen-bond donors (Lipinski definition) is 4. The number of carbonyl (C=O) groups is 5. The van der Waals surface area contributed by atoms with Crippen molar-refractivity contribution in [2.75, 3.05) is 6.54 Å². The van der Waals surface area contributed by atoms with Crippen LogP contribution in [0.15, 0.2) is 0 Å². The minimum absolute atomic E-state index is 0.0128. The number of nitrogens with zero attached hydrogens (tertiary/aromatic N) is 1. The molecule has 39 heavy (non-hydrogen) atoms. The van der Waals surface area contributed by atoms with Gasteiger partial charge in [0, 0.05) is 24.9 Å². The molecule has 3 fully saturated rings. The Morgan fingerprint density at radius 3 is 2.18 bits per heavy atom. The van der Waals surface area contributed by atoms with E-state index in [0.717, 1.165) is 17.7 Å². The normalized spacial score (nSPS) is 26.1. The van der Waals surface area contributed by atoms with Gasteiger partial charge < -0.3 is 26.0 Å².